The van der Waals surface area contributed by atoms with E-state index in [1.54, 1.807) is 0 Å². The Balaban J connectivity index is 2.05. The van der Waals surface area contributed by atoms with Crippen molar-refractivity contribution in [3.8, 4) is 0 Å². The average molecular weight is 331 g/mol. The van der Waals surface area contributed by atoms with Gasteiger partial charge in [0.05, 0.1) is 16.0 Å². The third kappa shape index (κ3) is 3.66. The zero-order chi connectivity index (χ0) is 15.5. The number of carbonyl (C=O) groups is 2. The molecule has 0 radical (unpaired) electrons. The van der Waals surface area contributed by atoms with Crippen molar-refractivity contribution in [2.45, 2.75) is 32.1 Å². The molecule has 1 amide bonds. The number of aliphatic carboxylic acids is 1. The number of nitrogens with zero attached hydrogens (tertiary/aromatic N) is 1. The van der Waals surface area contributed by atoms with E-state index >= 15 is 0 Å². The Morgan fingerprint density at radius 3 is 2.52 bits per heavy atom. The van der Waals surface area contributed by atoms with Gasteiger partial charge in [-0.25, -0.2) is 4.98 Å². The number of carboxylic acids is 1. The zero-order valence-corrected chi connectivity index (χ0v) is 12.9. The number of carboxylic acid groups (broad SMARTS) is 1. The second-order valence-electron chi connectivity index (χ2n) is 5.33. The topological polar surface area (TPSA) is 79.3 Å². The number of amides is 1. The molecule has 0 bridgehead atoms. The molecule has 5 nitrogen and oxygen atoms in total. The lowest BCUT2D eigenvalue weighted by Gasteiger charge is -2.33. The normalized spacial score (nSPS) is 17.2. The minimum atomic E-state index is -0.864. The van der Waals surface area contributed by atoms with Gasteiger partial charge in [-0.05, 0) is 18.9 Å². The lowest BCUT2D eigenvalue weighted by Crippen LogP contribution is -2.44. The molecule has 114 valence electrons. The Bertz CT molecular complexity index is 557. The molecule has 2 N–H and O–H groups in total. The quantitative estimate of drug-likeness (QED) is 0.831. The van der Waals surface area contributed by atoms with Crippen LogP contribution in [0.5, 0.6) is 0 Å². The van der Waals surface area contributed by atoms with Crippen LogP contribution in [0.1, 0.15) is 42.5 Å². The number of hydrogen-bond donors (Lipinski definition) is 2. The first-order valence-electron chi connectivity index (χ1n) is 6.77. The van der Waals surface area contributed by atoms with Crippen molar-refractivity contribution in [3.63, 3.8) is 0 Å². The molecular formula is C14H16Cl2N2O3. The van der Waals surface area contributed by atoms with Crippen LogP contribution < -0.4 is 5.32 Å². The van der Waals surface area contributed by atoms with Crippen LogP contribution in [0.2, 0.25) is 10.2 Å². The second kappa shape index (κ2) is 6.62. The third-order valence-electron chi connectivity index (χ3n) is 3.91. The van der Waals surface area contributed by atoms with E-state index in [0.717, 1.165) is 19.3 Å². The molecule has 0 aliphatic heterocycles. The summed E-state index contributed by atoms with van der Waals surface area (Å²) in [6.45, 7) is 0.113. The molecular weight excluding hydrogens is 315 g/mol. The SMILES string of the molecule is O=C(NCC1(C(=O)O)CCCCC1)c1cnc(Cl)c(Cl)c1. The van der Waals surface area contributed by atoms with Crippen LogP contribution in [0, 0.1) is 5.41 Å². The van der Waals surface area contributed by atoms with Crippen molar-refractivity contribution in [2.24, 2.45) is 5.41 Å². The van der Waals surface area contributed by atoms with E-state index in [1.165, 1.54) is 12.3 Å². The highest BCUT2D eigenvalue weighted by molar-refractivity contribution is 6.41. The van der Waals surface area contributed by atoms with E-state index in [9.17, 15) is 14.7 Å². The second-order valence-corrected chi connectivity index (χ2v) is 6.09. The summed E-state index contributed by atoms with van der Waals surface area (Å²) in [7, 11) is 0. The van der Waals surface area contributed by atoms with Gasteiger partial charge >= 0.3 is 5.97 Å². The van der Waals surface area contributed by atoms with E-state index in [2.05, 4.69) is 10.3 Å². The molecule has 1 aromatic heterocycles. The molecule has 1 aromatic rings. The van der Waals surface area contributed by atoms with Crippen molar-refractivity contribution in [3.05, 3.63) is 28.0 Å². The van der Waals surface area contributed by atoms with Gasteiger partial charge in [0.2, 0.25) is 0 Å². The number of halogens is 2. The Morgan fingerprint density at radius 2 is 1.95 bits per heavy atom. The number of rotatable bonds is 4. The van der Waals surface area contributed by atoms with Gasteiger partial charge in [0.25, 0.3) is 5.91 Å². The molecule has 1 heterocycles. The van der Waals surface area contributed by atoms with Gasteiger partial charge in [-0.1, -0.05) is 42.5 Å². The Morgan fingerprint density at radius 1 is 1.29 bits per heavy atom. The summed E-state index contributed by atoms with van der Waals surface area (Å²) < 4.78 is 0. The van der Waals surface area contributed by atoms with Gasteiger partial charge in [0.15, 0.2) is 0 Å². The molecule has 0 aromatic carbocycles. The molecule has 0 atom stereocenters. The maximum Gasteiger partial charge on any atom is 0.311 e. The zero-order valence-electron chi connectivity index (χ0n) is 11.4. The van der Waals surface area contributed by atoms with Crippen LogP contribution in [0.4, 0.5) is 0 Å². The molecule has 21 heavy (non-hydrogen) atoms. The first-order chi connectivity index (χ1) is 9.94. The van der Waals surface area contributed by atoms with Gasteiger partial charge in [-0.2, -0.15) is 0 Å². The lowest BCUT2D eigenvalue weighted by atomic mass is 9.74. The van der Waals surface area contributed by atoms with Crippen LogP contribution in [0.3, 0.4) is 0 Å². The molecule has 1 aliphatic carbocycles. The number of nitrogens with one attached hydrogen (secondary N) is 1. The van der Waals surface area contributed by atoms with Crippen molar-refractivity contribution in [1.82, 2.24) is 10.3 Å². The third-order valence-corrected chi connectivity index (χ3v) is 4.60. The summed E-state index contributed by atoms with van der Waals surface area (Å²) in [5.41, 5.74) is -0.599. The monoisotopic (exact) mass is 330 g/mol. The fraction of sp³-hybridized carbons (Fsp3) is 0.500. The summed E-state index contributed by atoms with van der Waals surface area (Å²) in [4.78, 5) is 27.4. The van der Waals surface area contributed by atoms with Crippen LogP contribution in [-0.2, 0) is 4.79 Å². The maximum absolute atomic E-state index is 12.1. The van der Waals surface area contributed by atoms with Crippen LogP contribution in [0.25, 0.3) is 0 Å². The molecule has 1 saturated carbocycles. The van der Waals surface area contributed by atoms with Crippen LogP contribution >= 0.6 is 23.2 Å². The standard InChI is InChI=1S/C14H16Cl2N2O3/c15-10-6-9(7-17-11(10)16)12(19)18-8-14(13(20)21)4-2-1-3-5-14/h6-7H,1-5,8H2,(H,18,19)(H,20,21). The summed E-state index contributed by atoms with van der Waals surface area (Å²) in [5, 5.41) is 12.4. The first-order valence-corrected chi connectivity index (χ1v) is 7.53. The van der Waals surface area contributed by atoms with Crippen molar-refractivity contribution in [2.75, 3.05) is 6.54 Å². The van der Waals surface area contributed by atoms with Gasteiger partial charge in [-0.3, -0.25) is 9.59 Å². The predicted molar refractivity (Wildman–Crippen MR) is 79.7 cm³/mol. The summed E-state index contributed by atoms with van der Waals surface area (Å²) in [5.74, 6) is -1.25. The fourth-order valence-electron chi connectivity index (χ4n) is 2.59. The molecule has 2 rings (SSSR count). The van der Waals surface area contributed by atoms with E-state index < -0.39 is 17.3 Å². The van der Waals surface area contributed by atoms with E-state index in [4.69, 9.17) is 23.2 Å². The van der Waals surface area contributed by atoms with Crippen LogP contribution in [-0.4, -0.2) is 28.5 Å². The predicted octanol–water partition coefficient (Wildman–Crippen LogP) is 3.15. The summed E-state index contributed by atoms with van der Waals surface area (Å²) >= 11 is 11.5. The Kier molecular flexibility index (Phi) is 5.06. The number of hydrogen-bond acceptors (Lipinski definition) is 3. The number of carbonyl (C=O) groups excluding carboxylic acids is 1. The highest BCUT2D eigenvalue weighted by Gasteiger charge is 2.39. The van der Waals surface area contributed by atoms with Gasteiger partial charge < -0.3 is 10.4 Å². The minimum Gasteiger partial charge on any atom is -0.481 e. The smallest absolute Gasteiger partial charge is 0.311 e. The van der Waals surface area contributed by atoms with Gasteiger partial charge in [0.1, 0.15) is 5.15 Å². The summed E-state index contributed by atoms with van der Waals surface area (Å²) in [6, 6.07) is 1.42. The van der Waals surface area contributed by atoms with Crippen molar-refractivity contribution >= 4 is 35.1 Å². The Hall–Kier alpha value is -1.33. The molecule has 0 saturated heterocycles. The number of pyridine rings is 1. The lowest BCUT2D eigenvalue weighted by molar-refractivity contribution is -0.150. The maximum atomic E-state index is 12.1. The fourth-order valence-corrected chi connectivity index (χ4v) is 2.86. The van der Waals surface area contributed by atoms with Crippen molar-refractivity contribution < 1.29 is 14.7 Å². The minimum absolute atomic E-state index is 0.113. The molecule has 0 spiro atoms. The number of aromatic nitrogens is 1. The molecule has 0 unspecified atom stereocenters. The Labute approximate surface area is 132 Å². The van der Waals surface area contributed by atoms with Crippen LogP contribution in [0.15, 0.2) is 12.3 Å². The highest BCUT2D eigenvalue weighted by atomic mass is 35.5. The first kappa shape index (κ1) is 16.0. The van der Waals surface area contributed by atoms with E-state index in [-0.39, 0.29) is 22.3 Å². The molecule has 1 fully saturated rings. The van der Waals surface area contributed by atoms with E-state index in [0.29, 0.717) is 12.8 Å². The average Bonchev–Trinajstić information content (AvgIpc) is 2.48. The summed E-state index contributed by atoms with van der Waals surface area (Å²) in [6.07, 6.45) is 5.27. The molecule has 7 heteroatoms. The van der Waals surface area contributed by atoms with E-state index in [1.807, 2.05) is 0 Å². The van der Waals surface area contributed by atoms with Crippen molar-refractivity contribution in [1.29, 1.82) is 0 Å². The largest absolute Gasteiger partial charge is 0.481 e. The highest BCUT2D eigenvalue weighted by Crippen LogP contribution is 2.36. The van der Waals surface area contributed by atoms with Gasteiger partial charge in [0, 0.05) is 12.7 Å². The molecule has 1 aliphatic rings. The van der Waals surface area contributed by atoms with Gasteiger partial charge in [-0.15, -0.1) is 0 Å².